The Morgan fingerprint density at radius 1 is 1.09 bits per heavy atom. The molecule has 10 heteroatoms. The molecular weight excluding hydrogens is 449 g/mol. The van der Waals surface area contributed by atoms with Crippen LogP contribution in [0.3, 0.4) is 0 Å². The standard InChI is InChI=1S/C24H24BN5O3S/c1-14(2)34(31,32)17-8-9-18(19(25)10-17)21-13-28-24(26)23(29-21)22-11-20(30-33-22)16-6-4-15(5-7-16)12-27-3/h4-11,13-14,27H,12H2,1-3H3,(H2,26,28). The van der Waals surface area contributed by atoms with Crippen molar-refractivity contribution in [1.82, 2.24) is 20.4 Å². The molecule has 0 amide bonds. The minimum Gasteiger partial charge on any atom is -0.382 e. The van der Waals surface area contributed by atoms with Crippen molar-refractivity contribution in [2.75, 3.05) is 12.8 Å². The molecule has 172 valence electrons. The van der Waals surface area contributed by atoms with Gasteiger partial charge in [0, 0.05) is 18.2 Å². The summed E-state index contributed by atoms with van der Waals surface area (Å²) >= 11 is 0. The molecule has 2 heterocycles. The molecular formula is C24H24BN5O3S. The molecule has 2 aromatic carbocycles. The minimum atomic E-state index is -3.45. The van der Waals surface area contributed by atoms with Crippen molar-refractivity contribution in [2.45, 2.75) is 30.5 Å². The second-order valence-corrected chi connectivity index (χ2v) is 10.6. The second-order valence-electron chi connectivity index (χ2n) is 8.14. The molecule has 0 aliphatic rings. The lowest BCUT2D eigenvalue weighted by molar-refractivity contribution is 0.434. The van der Waals surface area contributed by atoms with Crippen LogP contribution in [0.15, 0.2) is 64.1 Å². The lowest BCUT2D eigenvalue weighted by atomic mass is 9.89. The van der Waals surface area contributed by atoms with Gasteiger partial charge >= 0.3 is 0 Å². The van der Waals surface area contributed by atoms with Crippen molar-refractivity contribution in [1.29, 1.82) is 0 Å². The summed E-state index contributed by atoms with van der Waals surface area (Å²) in [4.78, 5) is 8.98. The van der Waals surface area contributed by atoms with E-state index >= 15 is 0 Å². The maximum atomic E-state index is 12.5. The molecule has 0 spiro atoms. The normalized spacial score (nSPS) is 11.8. The average Bonchev–Trinajstić information content (AvgIpc) is 3.30. The van der Waals surface area contributed by atoms with Crippen molar-refractivity contribution in [3.63, 3.8) is 0 Å². The van der Waals surface area contributed by atoms with Gasteiger partial charge in [-0.1, -0.05) is 41.0 Å². The number of nitrogens with two attached hydrogens (primary N) is 1. The highest BCUT2D eigenvalue weighted by molar-refractivity contribution is 7.92. The lowest BCUT2D eigenvalue weighted by Gasteiger charge is -2.12. The predicted octanol–water partition coefficient (Wildman–Crippen LogP) is 2.74. The summed E-state index contributed by atoms with van der Waals surface area (Å²) in [6.07, 6.45) is 1.49. The van der Waals surface area contributed by atoms with E-state index in [0.717, 1.165) is 17.7 Å². The van der Waals surface area contributed by atoms with Gasteiger partial charge < -0.3 is 15.6 Å². The van der Waals surface area contributed by atoms with Gasteiger partial charge in [0.15, 0.2) is 27.1 Å². The summed E-state index contributed by atoms with van der Waals surface area (Å²) in [5.74, 6) is 0.534. The highest BCUT2D eigenvalue weighted by Gasteiger charge is 2.21. The summed E-state index contributed by atoms with van der Waals surface area (Å²) in [7, 11) is 4.63. The molecule has 4 aromatic rings. The van der Waals surface area contributed by atoms with E-state index < -0.39 is 15.1 Å². The summed E-state index contributed by atoms with van der Waals surface area (Å²) < 4.78 is 30.4. The summed E-state index contributed by atoms with van der Waals surface area (Å²) in [5.41, 5.74) is 10.3. The SMILES string of the molecule is [B]c1cc(S(=O)(=O)C(C)C)ccc1-c1cnc(N)c(-c2cc(-c3ccc(CNC)cc3)no2)n1. The van der Waals surface area contributed by atoms with E-state index in [4.69, 9.17) is 18.1 Å². The zero-order valence-corrected chi connectivity index (χ0v) is 19.9. The van der Waals surface area contributed by atoms with Gasteiger partial charge in [-0.25, -0.2) is 18.4 Å². The Bertz CT molecular complexity index is 1430. The van der Waals surface area contributed by atoms with Crippen molar-refractivity contribution in [3.8, 4) is 34.0 Å². The van der Waals surface area contributed by atoms with Crippen molar-refractivity contribution < 1.29 is 12.9 Å². The molecule has 0 atom stereocenters. The fourth-order valence-electron chi connectivity index (χ4n) is 3.45. The molecule has 0 unspecified atom stereocenters. The van der Waals surface area contributed by atoms with Crippen molar-refractivity contribution in [3.05, 3.63) is 60.3 Å². The fraction of sp³-hybridized carbons (Fsp3) is 0.208. The van der Waals surface area contributed by atoms with E-state index in [2.05, 4.69) is 20.4 Å². The lowest BCUT2D eigenvalue weighted by Crippen LogP contribution is -2.17. The Morgan fingerprint density at radius 2 is 1.82 bits per heavy atom. The fourth-order valence-corrected chi connectivity index (χ4v) is 4.55. The quantitative estimate of drug-likeness (QED) is 0.393. The number of hydrogen-bond acceptors (Lipinski definition) is 8. The molecule has 2 aromatic heterocycles. The molecule has 0 aliphatic carbocycles. The maximum absolute atomic E-state index is 12.5. The predicted molar refractivity (Wildman–Crippen MR) is 133 cm³/mol. The number of nitrogens with one attached hydrogen (secondary N) is 1. The molecule has 2 radical (unpaired) electrons. The third kappa shape index (κ3) is 4.60. The van der Waals surface area contributed by atoms with Gasteiger partial charge in [-0.3, -0.25) is 0 Å². The smallest absolute Gasteiger partial charge is 0.189 e. The van der Waals surface area contributed by atoms with Gasteiger partial charge in [0.2, 0.25) is 0 Å². The number of benzene rings is 2. The van der Waals surface area contributed by atoms with E-state index in [1.807, 2.05) is 31.3 Å². The number of nitrogen functional groups attached to an aromatic ring is 1. The molecule has 34 heavy (non-hydrogen) atoms. The number of hydrogen-bond donors (Lipinski definition) is 2. The Hall–Kier alpha value is -3.50. The van der Waals surface area contributed by atoms with Crippen LogP contribution in [0.2, 0.25) is 0 Å². The molecule has 8 nitrogen and oxygen atoms in total. The minimum absolute atomic E-state index is 0.160. The molecule has 0 saturated heterocycles. The zero-order chi connectivity index (χ0) is 24.5. The Kier molecular flexibility index (Phi) is 6.54. The van der Waals surface area contributed by atoms with Crippen LogP contribution in [-0.2, 0) is 16.4 Å². The van der Waals surface area contributed by atoms with Crippen LogP contribution in [0, 0.1) is 0 Å². The Labute approximate surface area is 199 Å². The van der Waals surface area contributed by atoms with Gasteiger partial charge in [0.05, 0.1) is 22.0 Å². The Balaban J connectivity index is 1.67. The zero-order valence-electron chi connectivity index (χ0n) is 19.1. The third-order valence-electron chi connectivity index (χ3n) is 5.42. The highest BCUT2D eigenvalue weighted by Crippen LogP contribution is 2.29. The van der Waals surface area contributed by atoms with Crippen LogP contribution in [0.25, 0.3) is 34.0 Å². The first-order chi connectivity index (χ1) is 16.2. The first-order valence-electron chi connectivity index (χ1n) is 10.7. The number of aromatic nitrogens is 3. The van der Waals surface area contributed by atoms with Gasteiger partial charge in [-0.05, 0) is 44.2 Å². The number of sulfone groups is 1. The molecule has 0 bridgehead atoms. The molecule has 4 rings (SSSR count). The van der Waals surface area contributed by atoms with Crippen molar-refractivity contribution in [2.24, 2.45) is 0 Å². The molecule has 3 N–H and O–H groups in total. The van der Waals surface area contributed by atoms with Crippen LogP contribution >= 0.6 is 0 Å². The number of nitrogens with zero attached hydrogens (tertiary/aromatic N) is 3. The molecule has 0 aliphatic heterocycles. The maximum Gasteiger partial charge on any atom is 0.189 e. The van der Waals surface area contributed by atoms with Gasteiger partial charge in [0.1, 0.15) is 13.5 Å². The summed E-state index contributed by atoms with van der Waals surface area (Å²) in [5, 5.41) is 6.71. The average molecular weight is 473 g/mol. The summed E-state index contributed by atoms with van der Waals surface area (Å²) in [6.45, 7) is 4.02. The van der Waals surface area contributed by atoms with E-state index in [1.54, 1.807) is 26.0 Å². The van der Waals surface area contributed by atoms with Crippen LogP contribution in [0.5, 0.6) is 0 Å². The van der Waals surface area contributed by atoms with Gasteiger partial charge in [-0.15, -0.1) is 0 Å². The van der Waals surface area contributed by atoms with E-state index in [-0.39, 0.29) is 16.2 Å². The number of anilines is 1. The monoisotopic (exact) mass is 473 g/mol. The second kappa shape index (κ2) is 9.40. The van der Waals surface area contributed by atoms with E-state index in [9.17, 15) is 8.42 Å². The van der Waals surface area contributed by atoms with Gasteiger partial charge in [-0.2, -0.15) is 0 Å². The van der Waals surface area contributed by atoms with Crippen molar-refractivity contribution >= 4 is 29.0 Å². The first-order valence-corrected chi connectivity index (χ1v) is 12.2. The van der Waals surface area contributed by atoms with Gasteiger partial charge in [0.25, 0.3) is 0 Å². The van der Waals surface area contributed by atoms with Crippen LogP contribution < -0.4 is 16.5 Å². The van der Waals surface area contributed by atoms with Crippen LogP contribution in [-0.4, -0.2) is 43.7 Å². The van der Waals surface area contributed by atoms with E-state index in [1.165, 1.54) is 18.3 Å². The third-order valence-corrected chi connectivity index (χ3v) is 7.58. The van der Waals surface area contributed by atoms with Crippen LogP contribution in [0.4, 0.5) is 5.82 Å². The topological polar surface area (TPSA) is 124 Å². The Morgan fingerprint density at radius 3 is 2.47 bits per heavy atom. The van der Waals surface area contributed by atoms with E-state index in [0.29, 0.717) is 28.4 Å². The molecule has 0 fully saturated rings. The largest absolute Gasteiger partial charge is 0.382 e. The summed E-state index contributed by atoms with van der Waals surface area (Å²) in [6, 6.07) is 14.3. The first kappa shape index (κ1) is 23.7. The highest BCUT2D eigenvalue weighted by atomic mass is 32.2. The molecule has 0 saturated carbocycles. The number of rotatable bonds is 7. The van der Waals surface area contributed by atoms with Crippen LogP contribution in [0.1, 0.15) is 19.4 Å².